The van der Waals surface area contributed by atoms with Crippen molar-refractivity contribution in [1.82, 2.24) is 9.47 Å². The monoisotopic (exact) mass is 446 g/mol. The molecule has 2 saturated heterocycles. The number of hydrogen-bond acceptors (Lipinski definition) is 5. The van der Waals surface area contributed by atoms with Crippen LogP contribution < -0.4 is 4.90 Å². The first-order chi connectivity index (χ1) is 15.6. The molecular weight excluding hydrogens is 420 g/mol. The molecule has 0 bridgehead atoms. The Hall–Kier alpha value is -3.03. The molecular formula is C25H26N4O2S. The lowest BCUT2D eigenvalue weighted by atomic mass is 10.1. The third-order valence-electron chi connectivity index (χ3n) is 5.90. The summed E-state index contributed by atoms with van der Waals surface area (Å²) in [7, 11) is 1.78. The van der Waals surface area contributed by atoms with Crippen LogP contribution in [0.3, 0.4) is 0 Å². The van der Waals surface area contributed by atoms with Crippen molar-refractivity contribution in [3.63, 3.8) is 0 Å². The maximum absolute atomic E-state index is 12.9. The van der Waals surface area contributed by atoms with Crippen molar-refractivity contribution in [2.45, 2.75) is 13.5 Å². The number of aromatic nitrogens is 1. The van der Waals surface area contributed by atoms with Gasteiger partial charge in [0.25, 0.3) is 5.91 Å². The van der Waals surface area contributed by atoms with E-state index in [2.05, 4.69) is 46.9 Å². The van der Waals surface area contributed by atoms with E-state index in [-0.39, 0.29) is 5.91 Å². The number of amidine groups is 1. The number of morpholine rings is 1. The summed E-state index contributed by atoms with van der Waals surface area (Å²) in [6, 6.07) is 16.5. The SMILES string of the molecule is CCn1cc(/C=C2\SC(=Nc3ccc(N4CCOCC4)cc3)N(C)C2=O)c2ccccc21. The number of benzene rings is 2. The zero-order valence-corrected chi connectivity index (χ0v) is 19.1. The lowest BCUT2D eigenvalue weighted by Crippen LogP contribution is -2.36. The highest BCUT2D eigenvalue weighted by Crippen LogP contribution is 2.35. The van der Waals surface area contributed by atoms with Crippen molar-refractivity contribution >= 4 is 51.2 Å². The van der Waals surface area contributed by atoms with Gasteiger partial charge in [-0.1, -0.05) is 18.2 Å². The third-order valence-corrected chi connectivity index (χ3v) is 6.96. The molecule has 1 amide bonds. The molecule has 2 aliphatic rings. The Bertz CT molecular complexity index is 1210. The van der Waals surface area contributed by atoms with Crippen LogP contribution in [0.4, 0.5) is 11.4 Å². The molecule has 0 spiro atoms. The quantitative estimate of drug-likeness (QED) is 0.544. The maximum atomic E-state index is 12.9. The van der Waals surface area contributed by atoms with E-state index in [4.69, 9.17) is 9.73 Å². The molecule has 0 radical (unpaired) electrons. The van der Waals surface area contributed by atoms with Crippen LogP contribution in [0.2, 0.25) is 0 Å². The molecule has 2 aliphatic heterocycles. The number of amides is 1. The Morgan fingerprint density at radius 2 is 1.84 bits per heavy atom. The standard InChI is InChI=1S/C25H26N4O2S/c1-3-28-17-18(21-6-4-5-7-22(21)28)16-23-24(30)27(2)25(32-23)26-19-8-10-20(11-9-19)29-12-14-31-15-13-29/h4-11,16-17H,3,12-15H2,1-2H3/b23-16-,26-25?. The van der Waals surface area contributed by atoms with E-state index in [1.165, 1.54) is 23.0 Å². The molecule has 2 fully saturated rings. The highest BCUT2D eigenvalue weighted by Gasteiger charge is 2.30. The lowest BCUT2D eigenvalue weighted by Gasteiger charge is -2.28. The molecule has 32 heavy (non-hydrogen) atoms. The van der Waals surface area contributed by atoms with Crippen LogP contribution in [0.15, 0.2) is 64.6 Å². The minimum Gasteiger partial charge on any atom is -0.378 e. The number of para-hydroxylation sites is 1. The summed E-state index contributed by atoms with van der Waals surface area (Å²) in [6.45, 7) is 6.35. The smallest absolute Gasteiger partial charge is 0.266 e. The van der Waals surface area contributed by atoms with Gasteiger partial charge in [-0.05, 0) is 55.1 Å². The van der Waals surface area contributed by atoms with Gasteiger partial charge in [0.05, 0.1) is 23.8 Å². The van der Waals surface area contributed by atoms with E-state index < -0.39 is 0 Å². The fraction of sp³-hybridized carbons (Fsp3) is 0.280. The minimum absolute atomic E-state index is 0.0213. The number of aliphatic imine (C=N–C) groups is 1. The summed E-state index contributed by atoms with van der Waals surface area (Å²) in [5.74, 6) is -0.0213. The Morgan fingerprint density at radius 1 is 1.09 bits per heavy atom. The van der Waals surface area contributed by atoms with Crippen LogP contribution in [0.1, 0.15) is 12.5 Å². The number of nitrogens with zero attached hydrogens (tertiary/aromatic N) is 4. The predicted octanol–water partition coefficient (Wildman–Crippen LogP) is 4.73. The number of aryl methyl sites for hydroxylation is 1. The number of thioether (sulfide) groups is 1. The molecule has 7 heteroatoms. The van der Waals surface area contributed by atoms with Crippen molar-refractivity contribution in [2.75, 3.05) is 38.3 Å². The zero-order chi connectivity index (χ0) is 22.1. The number of likely N-dealkylation sites (N-methyl/N-ethyl adjacent to an activating group) is 1. The average molecular weight is 447 g/mol. The molecule has 3 aromatic rings. The number of ether oxygens (including phenoxy) is 1. The Morgan fingerprint density at radius 3 is 2.59 bits per heavy atom. The van der Waals surface area contributed by atoms with Gasteiger partial charge in [-0.15, -0.1) is 0 Å². The van der Waals surface area contributed by atoms with Crippen LogP contribution >= 0.6 is 11.8 Å². The Kier molecular flexibility index (Phi) is 5.76. The molecule has 0 saturated carbocycles. The molecule has 3 heterocycles. The molecule has 164 valence electrons. The van der Waals surface area contributed by atoms with Crippen LogP contribution in [0.5, 0.6) is 0 Å². The van der Waals surface area contributed by atoms with Gasteiger partial charge in [-0.2, -0.15) is 0 Å². The van der Waals surface area contributed by atoms with Gasteiger partial charge < -0.3 is 14.2 Å². The largest absolute Gasteiger partial charge is 0.378 e. The van der Waals surface area contributed by atoms with Crippen molar-refractivity contribution in [2.24, 2.45) is 4.99 Å². The first-order valence-corrected chi connectivity index (χ1v) is 11.7. The van der Waals surface area contributed by atoms with Crippen molar-refractivity contribution in [3.05, 3.63) is 65.2 Å². The van der Waals surface area contributed by atoms with Crippen LogP contribution in [-0.2, 0) is 16.1 Å². The van der Waals surface area contributed by atoms with E-state index in [0.717, 1.165) is 49.5 Å². The molecule has 0 aliphatic carbocycles. The van der Waals surface area contributed by atoms with Gasteiger partial charge in [-0.3, -0.25) is 9.69 Å². The van der Waals surface area contributed by atoms with Gasteiger partial charge in [0.15, 0.2) is 5.17 Å². The van der Waals surface area contributed by atoms with Gasteiger partial charge in [0.2, 0.25) is 0 Å². The molecule has 1 aromatic heterocycles. The number of carbonyl (C=O) groups excluding carboxylic acids is 1. The van der Waals surface area contributed by atoms with E-state index in [1.807, 2.05) is 30.3 Å². The van der Waals surface area contributed by atoms with Crippen LogP contribution in [0.25, 0.3) is 17.0 Å². The van der Waals surface area contributed by atoms with Crippen molar-refractivity contribution in [1.29, 1.82) is 0 Å². The molecule has 6 nitrogen and oxygen atoms in total. The van der Waals surface area contributed by atoms with E-state index in [0.29, 0.717) is 10.1 Å². The summed E-state index contributed by atoms with van der Waals surface area (Å²) in [4.78, 5) is 22.3. The van der Waals surface area contributed by atoms with E-state index in [1.54, 1.807) is 11.9 Å². The summed E-state index contributed by atoms with van der Waals surface area (Å²) >= 11 is 1.43. The Balaban J connectivity index is 1.40. The fourth-order valence-electron chi connectivity index (χ4n) is 4.11. The van der Waals surface area contributed by atoms with Gasteiger partial charge in [-0.25, -0.2) is 4.99 Å². The van der Waals surface area contributed by atoms with E-state index in [9.17, 15) is 4.79 Å². The number of hydrogen-bond donors (Lipinski definition) is 0. The second kappa shape index (κ2) is 8.84. The number of carbonyl (C=O) groups is 1. The van der Waals surface area contributed by atoms with Crippen LogP contribution in [-0.4, -0.2) is 53.9 Å². The molecule has 0 N–H and O–H groups in total. The first kappa shape index (κ1) is 20.8. The first-order valence-electron chi connectivity index (χ1n) is 10.9. The minimum atomic E-state index is -0.0213. The molecule has 0 unspecified atom stereocenters. The number of fused-ring (bicyclic) bond motifs is 1. The fourth-order valence-corrected chi connectivity index (χ4v) is 5.09. The summed E-state index contributed by atoms with van der Waals surface area (Å²) in [6.07, 6.45) is 4.10. The van der Waals surface area contributed by atoms with Crippen molar-refractivity contribution in [3.8, 4) is 0 Å². The molecule has 2 aromatic carbocycles. The predicted molar refractivity (Wildman–Crippen MR) is 133 cm³/mol. The molecule has 5 rings (SSSR count). The Labute approximate surface area is 192 Å². The topological polar surface area (TPSA) is 50.1 Å². The normalized spacial score (nSPS) is 19.6. The van der Waals surface area contributed by atoms with Crippen LogP contribution in [0, 0.1) is 0 Å². The van der Waals surface area contributed by atoms with Crippen molar-refractivity contribution < 1.29 is 9.53 Å². The van der Waals surface area contributed by atoms with Gasteiger partial charge >= 0.3 is 0 Å². The third kappa shape index (κ3) is 3.94. The van der Waals surface area contributed by atoms with Gasteiger partial charge in [0, 0.05) is 55.0 Å². The lowest BCUT2D eigenvalue weighted by molar-refractivity contribution is -0.121. The highest BCUT2D eigenvalue weighted by atomic mass is 32.2. The summed E-state index contributed by atoms with van der Waals surface area (Å²) in [5.41, 5.74) is 4.25. The average Bonchev–Trinajstić information content (AvgIpc) is 3.33. The van der Waals surface area contributed by atoms with E-state index >= 15 is 0 Å². The summed E-state index contributed by atoms with van der Waals surface area (Å²) in [5, 5.41) is 1.85. The second-order valence-electron chi connectivity index (χ2n) is 7.87. The maximum Gasteiger partial charge on any atom is 0.266 e. The highest BCUT2D eigenvalue weighted by molar-refractivity contribution is 8.18. The molecule has 0 atom stereocenters. The summed E-state index contributed by atoms with van der Waals surface area (Å²) < 4.78 is 7.64. The zero-order valence-electron chi connectivity index (χ0n) is 18.3. The number of rotatable bonds is 4. The second-order valence-corrected chi connectivity index (χ2v) is 8.88. The number of anilines is 1. The van der Waals surface area contributed by atoms with Gasteiger partial charge in [0.1, 0.15) is 0 Å².